The molecule has 2 nitrogen and oxygen atoms in total. The molecule has 74 valence electrons. The minimum atomic E-state index is -0.329. The van der Waals surface area contributed by atoms with Crippen LogP contribution in [-0.2, 0) is 9.53 Å². The number of carbonyl (C=O) groups is 1. The maximum absolute atomic E-state index is 10.8. The number of hydrogen-bond donors (Lipinski definition) is 0. The van der Waals surface area contributed by atoms with Crippen molar-refractivity contribution in [1.82, 2.24) is 0 Å². The Morgan fingerprint density at radius 2 is 1.79 bits per heavy atom. The van der Waals surface area contributed by atoms with E-state index in [0.29, 0.717) is 0 Å². The lowest BCUT2D eigenvalue weighted by Gasteiger charge is -1.99. The molecule has 1 aromatic carbocycles. The molecule has 0 heterocycles. The van der Waals surface area contributed by atoms with E-state index in [1.165, 1.54) is 24.3 Å². The summed E-state index contributed by atoms with van der Waals surface area (Å²) < 4.78 is 4.51. The fraction of sp³-hybridized carbons (Fsp3) is 0.250. The van der Waals surface area contributed by atoms with Crippen molar-refractivity contribution in [3.8, 4) is 0 Å². The number of ether oxygens (including phenoxy) is 1. The van der Waals surface area contributed by atoms with Crippen LogP contribution < -0.4 is 0 Å². The zero-order valence-electron chi connectivity index (χ0n) is 8.70. The lowest BCUT2D eigenvalue weighted by molar-refractivity contribution is -0.134. The number of esters is 1. The highest BCUT2D eigenvalue weighted by Gasteiger charge is 1.94. The number of hydrogen-bond acceptors (Lipinski definition) is 2. The second-order valence-corrected chi connectivity index (χ2v) is 3.28. The topological polar surface area (TPSA) is 26.3 Å². The van der Waals surface area contributed by atoms with Gasteiger partial charge in [0.15, 0.2) is 0 Å². The lowest BCUT2D eigenvalue weighted by atomic mass is 10.1. The van der Waals surface area contributed by atoms with Crippen molar-refractivity contribution in [2.75, 3.05) is 7.11 Å². The Kier molecular flexibility index (Phi) is 3.46. The van der Waals surface area contributed by atoms with E-state index >= 15 is 0 Å². The van der Waals surface area contributed by atoms with Crippen molar-refractivity contribution in [1.29, 1.82) is 0 Å². The molecular weight excluding hydrogens is 176 g/mol. The molecular formula is C12H14O2. The molecule has 1 aromatic rings. The van der Waals surface area contributed by atoms with Gasteiger partial charge >= 0.3 is 5.97 Å². The Balaban J connectivity index is 2.86. The van der Waals surface area contributed by atoms with Crippen molar-refractivity contribution in [2.24, 2.45) is 0 Å². The molecule has 0 N–H and O–H groups in total. The van der Waals surface area contributed by atoms with E-state index in [9.17, 15) is 4.79 Å². The van der Waals surface area contributed by atoms with Crippen LogP contribution in [0.5, 0.6) is 0 Å². The molecule has 14 heavy (non-hydrogen) atoms. The normalized spacial score (nSPS) is 10.5. The number of aryl methyl sites for hydroxylation is 2. The molecule has 0 fully saturated rings. The number of benzene rings is 1. The third-order valence-corrected chi connectivity index (χ3v) is 1.86. The van der Waals surface area contributed by atoms with Gasteiger partial charge in [0, 0.05) is 6.08 Å². The number of carbonyl (C=O) groups excluding carboxylic acids is 1. The first-order valence-electron chi connectivity index (χ1n) is 4.46. The predicted octanol–water partition coefficient (Wildman–Crippen LogP) is 2.49. The second kappa shape index (κ2) is 4.61. The summed E-state index contributed by atoms with van der Waals surface area (Å²) in [7, 11) is 1.37. The van der Waals surface area contributed by atoms with Gasteiger partial charge < -0.3 is 4.74 Å². The van der Waals surface area contributed by atoms with Gasteiger partial charge in [-0.3, -0.25) is 0 Å². The molecule has 0 atom stereocenters. The van der Waals surface area contributed by atoms with Gasteiger partial charge in [0.25, 0.3) is 0 Å². The van der Waals surface area contributed by atoms with Crippen LogP contribution in [0, 0.1) is 13.8 Å². The van der Waals surface area contributed by atoms with Crippen LogP contribution in [-0.4, -0.2) is 13.1 Å². The molecule has 0 aromatic heterocycles. The van der Waals surface area contributed by atoms with Gasteiger partial charge in [0.05, 0.1) is 7.11 Å². The first-order chi connectivity index (χ1) is 6.61. The minimum absolute atomic E-state index is 0.329. The zero-order valence-corrected chi connectivity index (χ0v) is 8.70. The van der Waals surface area contributed by atoms with Crippen LogP contribution in [0.15, 0.2) is 24.3 Å². The van der Waals surface area contributed by atoms with E-state index in [2.05, 4.69) is 10.8 Å². The van der Waals surface area contributed by atoms with Crippen molar-refractivity contribution in [3.05, 3.63) is 41.0 Å². The highest BCUT2D eigenvalue weighted by atomic mass is 16.5. The van der Waals surface area contributed by atoms with E-state index in [0.717, 1.165) is 5.56 Å². The number of rotatable bonds is 2. The smallest absolute Gasteiger partial charge is 0.330 e. The van der Waals surface area contributed by atoms with E-state index in [1.807, 2.05) is 26.0 Å². The van der Waals surface area contributed by atoms with E-state index in [1.54, 1.807) is 6.08 Å². The van der Waals surface area contributed by atoms with Crippen LogP contribution in [0.4, 0.5) is 0 Å². The quantitative estimate of drug-likeness (QED) is 0.529. The van der Waals surface area contributed by atoms with Gasteiger partial charge in [-0.25, -0.2) is 4.79 Å². The molecule has 1 rings (SSSR count). The molecule has 0 saturated carbocycles. The van der Waals surface area contributed by atoms with Gasteiger partial charge in [-0.1, -0.05) is 29.3 Å². The highest BCUT2D eigenvalue weighted by molar-refractivity contribution is 5.86. The summed E-state index contributed by atoms with van der Waals surface area (Å²) >= 11 is 0. The van der Waals surface area contributed by atoms with Gasteiger partial charge in [0.2, 0.25) is 0 Å². The molecule has 0 unspecified atom stereocenters. The Labute approximate surface area is 84.2 Å². The molecule has 0 aliphatic heterocycles. The van der Waals surface area contributed by atoms with Gasteiger partial charge in [-0.2, -0.15) is 0 Å². The summed E-state index contributed by atoms with van der Waals surface area (Å²) in [5.41, 5.74) is 3.40. The molecule has 0 bridgehead atoms. The van der Waals surface area contributed by atoms with E-state index in [4.69, 9.17) is 0 Å². The van der Waals surface area contributed by atoms with Crippen LogP contribution in [0.3, 0.4) is 0 Å². The minimum Gasteiger partial charge on any atom is -0.466 e. The third kappa shape index (κ3) is 3.05. The Bertz CT molecular complexity index is 344. The molecule has 0 aliphatic carbocycles. The average Bonchev–Trinajstić information content (AvgIpc) is 2.12. The van der Waals surface area contributed by atoms with Crippen LogP contribution in [0.2, 0.25) is 0 Å². The largest absolute Gasteiger partial charge is 0.466 e. The molecule has 0 saturated heterocycles. The monoisotopic (exact) mass is 190 g/mol. The summed E-state index contributed by atoms with van der Waals surface area (Å²) in [4.78, 5) is 10.8. The van der Waals surface area contributed by atoms with Crippen LogP contribution in [0.1, 0.15) is 16.7 Å². The average molecular weight is 190 g/mol. The van der Waals surface area contributed by atoms with Gasteiger partial charge in [-0.15, -0.1) is 0 Å². The third-order valence-electron chi connectivity index (χ3n) is 1.86. The van der Waals surface area contributed by atoms with Crippen molar-refractivity contribution < 1.29 is 9.53 Å². The maximum Gasteiger partial charge on any atom is 0.330 e. The molecule has 0 amide bonds. The molecule has 2 heteroatoms. The fourth-order valence-electron chi connectivity index (χ4n) is 1.34. The summed E-state index contributed by atoms with van der Waals surface area (Å²) in [6.45, 7) is 4.06. The lowest BCUT2D eigenvalue weighted by Crippen LogP contribution is -1.93. The Morgan fingerprint density at radius 3 is 2.29 bits per heavy atom. The van der Waals surface area contributed by atoms with Crippen molar-refractivity contribution in [3.63, 3.8) is 0 Å². The summed E-state index contributed by atoms with van der Waals surface area (Å²) in [5.74, 6) is -0.329. The summed E-state index contributed by atoms with van der Waals surface area (Å²) in [6.07, 6.45) is 3.18. The van der Waals surface area contributed by atoms with Gasteiger partial charge in [-0.05, 0) is 25.5 Å². The Morgan fingerprint density at radius 1 is 1.21 bits per heavy atom. The highest BCUT2D eigenvalue weighted by Crippen LogP contribution is 2.10. The van der Waals surface area contributed by atoms with Crippen LogP contribution in [0.25, 0.3) is 6.08 Å². The van der Waals surface area contributed by atoms with E-state index in [-0.39, 0.29) is 5.97 Å². The Hall–Kier alpha value is -1.57. The zero-order chi connectivity index (χ0) is 10.6. The van der Waals surface area contributed by atoms with Crippen molar-refractivity contribution in [2.45, 2.75) is 13.8 Å². The van der Waals surface area contributed by atoms with Gasteiger partial charge in [0.1, 0.15) is 0 Å². The summed E-state index contributed by atoms with van der Waals surface area (Å²) in [6, 6.07) is 6.13. The first-order valence-corrected chi connectivity index (χ1v) is 4.46. The molecule has 0 spiro atoms. The fourth-order valence-corrected chi connectivity index (χ4v) is 1.34. The predicted molar refractivity (Wildman–Crippen MR) is 57.0 cm³/mol. The number of methoxy groups -OCH3 is 1. The second-order valence-electron chi connectivity index (χ2n) is 3.28. The standard InChI is InChI=1S/C12H14O2/c1-9-6-10(2)8-11(7-9)4-5-12(13)14-3/h4-8H,1-3H3. The first kappa shape index (κ1) is 10.5. The maximum atomic E-state index is 10.8. The molecule has 0 aliphatic rings. The van der Waals surface area contributed by atoms with E-state index < -0.39 is 0 Å². The molecule has 0 radical (unpaired) electrons. The van der Waals surface area contributed by atoms with Crippen molar-refractivity contribution >= 4 is 12.0 Å². The summed E-state index contributed by atoms with van der Waals surface area (Å²) in [5, 5.41) is 0. The SMILES string of the molecule is COC(=O)C=Cc1cc(C)cc(C)c1. The van der Waals surface area contributed by atoms with Crippen LogP contribution >= 0.6 is 0 Å².